The molecule has 2 aliphatic rings. The van der Waals surface area contributed by atoms with Crippen molar-refractivity contribution in [2.24, 2.45) is 7.05 Å². The molecule has 2 aromatic heterocycles. The van der Waals surface area contributed by atoms with Crippen LogP contribution < -0.4 is 10.9 Å². The molecule has 4 rings (SSSR count). The molecule has 0 aromatic carbocycles. The lowest BCUT2D eigenvalue weighted by Gasteiger charge is -2.27. The third kappa shape index (κ3) is 3.00. The van der Waals surface area contributed by atoms with E-state index in [2.05, 4.69) is 20.3 Å². The molecule has 7 nitrogen and oxygen atoms in total. The molecule has 2 atom stereocenters. The summed E-state index contributed by atoms with van der Waals surface area (Å²) in [5.74, 6) is 0.0627. The highest BCUT2D eigenvalue weighted by Gasteiger charge is 2.39. The Morgan fingerprint density at radius 2 is 1.89 bits per heavy atom. The number of hydrogen-bond donors (Lipinski definition) is 1. The van der Waals surface area contributed by atoms with Crippen molar-refractivity contribution in [2.75, 3.05) is 13.1 Å². The van der Waals surface area contributed by atoms with Crippen LogP contribution >= 0.6 is 11.3 Å². The number of hydrogen-bond acceptors (Lipinski definition) is 6. The first-order chi connectivity index (χ1) is 12.9. The highest BCUT2D eigenvalue weighted by atomic mass is 32.1. The second-order valence-corrected chi connectivity index (χ2v) is 8.54. The summed E-state index contributed by atoms with van der Waals surface area (Å²) in [5, 5.41) is 8.28. The molecule has 0 aliphatic carbocycles. The van der Waals surface area contributed by atoms with Crippen LogP contribution in [-0.2, 0) is 7.05 Å². The van der Waals surface area contributed by atoms with E-state index in [0.29, 0.717) is 27.2 Å². The summed E-state index contributed by atoms with van der Waals surface area (Å²) in [6.45, 7) is 7.45. The SMILES string of the molecule is Cc1nc(-c2c(C)c(C)nn(C)c2=O)sc1C(=O)N1C2CCNCC1CC2. The van der Waals surface area contributed by atoms with E-state index in [9.17, 15) is 9.59 Å². The van der Waals surface area contributed by atoms with Gasteiger partial charge in [-0.1, -0.05) is 0 Å². The molecule has 1 amide bonds. The maximum atomic E-state index is 13.4. The topological polar surface area (TPSA) is 80.1 Å². The summed E-state index contributed by atoms with van der Waals surface area (Å²) in [6, 6.07) is 0.563. The van der Waals surface area contributed by atoms with Crippen LogP contribution in [0.1, 0.15) is 45.9 Å². The van der Waals surface area contributed by atoms with Crippen LogP contribution in [0.25, 0.3) is 10.6 Å². The van der Waals surface area contributed by atoms with E-state index in [1.165, 1.54) is 16.0 Å². The summed E-state index contributed by atoms with van der Waals surface area (Å²) in [7, 11) is 1.65. The number of aryl methyl sites for hydroxylation is 3. The standard InChI is InChI=1S/C19H25N5O2S/c1-10-11(2)22-23(4)18(25)15(10)17-21-12(3)16(27-17)19(26)24-13-5-6-14(24)9-20-8-7-13/h13-14,20H,5-9H2,1-4H3. The number of amides is 1. The Morgan fingerprint density at radius 3 is 2.67 bits per heavy atom. The van der Waals surface area contributed by atoms with Gasteiger partial charge in [0.05, 0.1) is 17.0 Å². The van der Waals surface area contributed by atoms with Crippen molar-refractivity contribution in [1.29, 1.82) is 0 Å². The van der Waals surface area contributed by atoms with Gasteiger partial charge in [-0.15, -0.1) is 11.3 Å². The molecular weight excluding hydrogens is 362 g/mol. The molecular formula is C19H25N5O2S. The van der Waals surface area contributed by atoms with Crippen LogP contribution in [0.15, 0.2) is 4.79 Å². The lowest BCUT2D eigenvalue weighted by Crippen LogP contribution is -2.42. The van der Waals surface area contributed by atoms with Gasteiger partial charge >= 0.3 is 0 Å². The Bertz CT molecular complexity index is 950. The zero-order valence-electron chi connectivity index (χ0n) is 16.2. The zero-order valence-corrected chi connectivity index (χ0v) is 17.0. The van der Waals surface area contributed by atoms with Crippen molar-refractivity contribution < 1.29 is 4.79 Å². The minimum absolute atomic E-state index is 0.0627. The Hall–Kier alpha value is -2.06. The molecule has 8 heteroatoms. The van der Waals surface area contributed by atoms with Gasteiger partial charge in [-0.2, -0.15) is 5.10 Å². The molecule has 0 spiro atoms. The molecule has 144 valence electrons. The van der Waals surface area contributed by atoms with Crippen molar-refractivity contribution in [3.8, 4) is 10.6 Å². The maximum Gasteiger partial charge on any atom is 0.277 e. The first-order valence-corrected chi connectivity index (χ1v) is 10.3. The Labute approximate surface area is 162 Å². The monoisotopic (exact) mass is 387 g/mol. The van der Waals surface area contributed by atoms with Gasteiger partial charge in [0, 0.05) is 25.7 Å². The average Bonchev–Trinajstić information content (AvgIpc) is 3.11. The lowest BCUT2D eigenvalue weighted by atomic mass is 10.1. The number of carbonyl (C=O) groups is 1. The molecule has 2 unspecified atom stereocenters. The molecule has 0 radical (unpaired) electrons. The molecule has 4 heterocycles. The van der Waals surface area contributed by atoms with E-state index in [0.717, 1.165) is 43.6 Å². The number of nitrogens with zero attached hydrogens (tertiary/aromatic N) is 4. The Morgan fingerprint density at radius 1 is 1.15 bits per heavy atom. The zero-order chi connectivity index (χ0) is 19.3. The molecule has 2 aliphatic heterocycles. The fourth-order valence-corrected chi connectivity index (χ4v) is 5.34. The van der Waals surface area contributed by atoms with E-state index in [1.807, 2.05) is 20.8 Å². The first kappa shape index (κ1) is 18.3. The predicted octanol–water partition coefficient (Wildman–Crippen LogP) is 1.80. The van der Waals surface area contributed by atoms with Gasteiger partial charge < -0.3 is 10.2 Å². The third-order valence-electron chi connectivity index (χ3n) is 5.82. The predicted molar refractivity (Wildman–Crippen MR) is 105 cm³/mol. The molecule has 1 N–H and O–H groups in total. The molecule has 2 aromatic rings. The lowest BCUT2D eigenvalue weighted by molar-refractivity contribution is 0.0684. The van der Waals surface area contributed by atoms with Crippen LogP contribution in [0.5, 0.6) is 0 Å². The first-order valence-electron chi connectivity index (χ1n) is 9.44. The Kier molecular flexibility index (Phi) is 4.63. The van der Waals surface area contributed by atoms with Crippen LogP contribution in [0.4, 0.5) is 0 Å². The van der Waals surface area contributed by atoms with Gasteiger partial charge in [0.2, 0.25) is 0 Å². The van der Waals surface area contributed by atoms with Gasteiger partial charge in [-0.25, -0.2) is 9.67 Å². The third-order valence-corrected chi connectivity index (χ3v) is 6.98. The van der Waals surface area contributed by atoms with Crippen molar-refractivity contribution in [3.63, 3.8) is 0 Å². The number of rotatable bonds is 2. The van der Waals surface area contributed by atoms with Gasteiger partial charge in [-0.05, 0) is 52.1 Å². The smallest absolute Gasteiger partial charge is 0.277 e. The van der Waals surface area contributed by atoms with Crippen molar-refractivity contribution in [1.82, 2.24) is 25.0 Å². The number of aromatic nitrogens is 3. The summed E-state index contributed by atoms with van der Waals surface area (Å²) >= 11 is 1.33. The second kappa shape index (κ2) is 6.83. The average molecular weight is 388 g/mol. The van der Waals surface area contributed by atoms with Gasteiger partial charge in [0.25, 0.3) is 11.5 Å². The summed E-state index contributed by atoms with van der Waals surface area (Å²) in [5.41, 5.74) is 2.70. The number of fused-ring (bicyclic) bond motifs is 2. The molecule has 0 saturated carbocycles. The van der Waals surface area contributed by atoms with E-state index in [-0.39, 0.29) is 17.5 Å². The summed E-state index contributed by atoms with van der Waals surface area (Å²) in [6.07, 6.45) is 3.12. The van der Waals surface area contributed by atoms with Crippen molar-refractivity contribution >= 4 is 17.2 Å². The van der Waals surface area contributed by atoms with Gasteiger partial charge in [-0.3, -0.25) is 9.59 Å². The fourth-order valence-electron chi connectivity index (χ4n) is 4.23. The van der Waals surface area contributed by atoms with Crippen LogP contribution in [0.2, 0.25) is 0 Å². The Balaban J connectivity index is 1.75. The molecule has 2 saturated heterocycles. The second-order valence-electron chi connectivity index (χ2n) is 7.54. The van der Waals surface area contributed by atoms with Crippen LogP contribution in [0.3, 0.4) is 0 Å². The molecule has 27 heavy (non-hydrogen) atoms. The van der Waals surface area contributed by atoms with Gasteiger partial charge in [0.15, 0.2) is 0 Å². The number of thiazole rings is 1. The van der Waals surface area contributed by atoms with E-state index in [4.69, 9.17) is 0 Å². The van der Waals surface area contributed by atoms with Gasteiger partial charge in [0.1, 0.15) is 9.88 Å². The fraction of sp³-hybridized carbons (Fsp3) is 0.579. The molecule has 2 bridgehead atoms. The highest BCUT2D eigenvalue weighted by molar-refractivity contribution is 7.17. The summed E-state index contributed by atoms with van der Waals surface area (Å²) in [4.78, 5) is 33.3. The minimum atomic E-state index is -0.176. The largest absolute Gasteiger partial charge is 0.331 e. The highest BCUT2D eigenvalue weighted by Crippen LogP contribution is 2.34. The molecule has 2 fully saturated rings. The van der Waals surface area contributed by atoms with E-state index >= 15 is 0 Å². The van der Waals surface area contributed by atoms with Crippen LogP contribution in [0, 0.1) is 20.8 Å². The minimum Gasteiger partial charge on any atom is -0.331 e. The quantitative estimate of drug-likeness (QED) is 0.850. The van der Waals surface area contributed by atoms with Crippen molar-refractivity contribution in [3.05, 3.63) is 32.2 Å². The van der Waals surface area contributed by atoms with Crippen LogP contribution in [-0.4, -0.2) is 50.7 Å². The van der Waals surface area contributed by atoms with E-state index < -0.39 is 0 Å². The summed E-state index contributed by atoms with van der Waals surface area (Å²) < 4.78 is 1.34. The van der Waals surface area contributed by atoms with Crippen molar-refractivity contribution in [2.45, 2.75) is 52.1 Å². The maximum absolute atomic E-state index is 13.4. The van der Waals surface area contributed by atoms with E-state index in [1.54, 1.807) is 7.05 Å². The normalized spacial score (nSPS) is 22.1. The number of nitrogens with one attached hydrogen (secondary N) is 1. The number of carbonyl (C=O) groups excluding carboxylic acids is 1.